The number of alkyl halides is 3. The number of carbonyl (C=O) groups excluding carboxylic acids is 1. The average molecular weight is 323 g/mol. The number of esters is 1. The summed E-state index contributed by atoms with van der Waals surface area (Å²) in [6, 6.07) is -0.0581. The molecule has 6 nitrogen and oxygen atoms in total. The van der Waals surface area contributed by atoms with Gasteiger partial charge in [-0.2, -0.15) is 13.2 Å². The molecule has 0 aromatic carbocycles. The van der Waals surface area contributed by atoms with Crippen molar-refractivity contribution >= 4 is 23.4 Å². The lowest BCUT2D eigenvalue weighted by Gasteiger charge is -2.56. The molecule has 0 radical (unpaired) electrons. The maximum atomic E-state index is 12.3. The molecule has 21 heavy (non-hydrogen) atoms. The van der Waals surface area contributed by atoms with Crippen LogP contribution in [0.1, 0.15) is 6.42 Å². The van der Waals surface area contributed by atoms with Gasteiger partial charge in [0, 0.05) is 19.0 Å². The normalized spacial score (nSPS) is 28.0. The van der Waals surface area contributed by atoms with Crippen LogP contribution in [0.2, 0.25) is 5.15 Å². The lowest BCUT2D eigenvalue weighted by atomic mass is 9.87. The van der Waals surface area contributed by atoms with Crippen molar-refractivity contribution in [3.8, 4) is 0 Å². The summed E-state index contributed by atoms with van der Waals surface area (Å²) in [5, 5.41) is 3.07. The Morgan fingerprint density at radius 2 is 2.19 bits per heavy atom. The molecular formula is C11H10ClF3N4O2. The molecule has 3 saturated heterocycles. The van der Waals surface area contributed by atoms with Crippen LogP contribution in [-0.2, 0) is 9.53 Å². The molecule has 10 heteroatoms. The first-order valence-corrected chi connectivity index (χ1v) is 6.46. The van der Waals surface area contributed by atoms with Gasteiger partial charge in [0.25, 0.3) is 0 Å². The Morgan fingerprint density at radius 1 is 1.48 bits per heavy atom. The van der Waals surface area contributed by atoms with Gasteiger partial charge in [-0.05, 0) is 0 Å². The van der Waals surface area contributed by atoms with Gasteiger partial charge in [-0.25, -0.2) is 14.8 Å². The van der Waals surface area contributed by atoms with Crippen LogP contribution in [0.15, 0.2) is 12.4 Å². The van der Waals surface area contributed by atoms with Gasteiger partial charge >= 0.3 is 12.1 Å². The summed E-state index contributed by atoms with van der Waals surface area (Å²) in [7, 11) is 0. The Hall–Kier alpha value is -1.61. The maximum Gasteiger partial charge on any atom is 0.490 e. The second kappa shape index (κ2) is 4.70. The van der Waals surface area contributed by atoms with E-state index in [-0.39, 0.29) is 17.7 Å². The molecule has 1 aromatic rings. The first kappa shape index (κ1) is 14.3. The number of aromatic nitrogens is 2. The van der Waals surface area contributed by atoms with Crippen molar-refractivity contribution in [1.82, 2.24) is 15.3 Å². The summed E-state index contributed by atoms with van der Waals surface area (Å²) in [6.07, 6.45) is -1.90. The number of ether oxygens (including phenoxy) is 1. The highest BCUT2D eigenvalue weighted by molar-refractivity contribution is 6.29. The molecule has 3 fully saturated rings. The Balaban J connectivity index is 1.72. The van der Waals surface area contributed by atoms with Crippen LogP contribution >= 0.6 is 11.6 Å². The number of carbonyl (C=O) groups is 1. The standard InChI is InChI=1S/C11H10ClF3N4O2/c12-7-2-17-8(3-16-7)19-4-6-1-10(5-19,18-6)21-9(20)11(13,14)15/h2-3,6,18H,1,4-5H2. The van der Waals surface area contributed by atoms with Crippen LogP contribution in [0, 0.1) is 0 Å². The predicted octanol–water partition coefficient (Wildman–Crippen LogP) is 1.11. The zero-order chi connectivity index (χ0) is 15.3. The van der Waals surface area contributed by atoms with Gasteiger partial charge in [-0.3, -0.25) is 5.32 Å². The molecular weight excluding hydrogens is 313 g/mol. The minimum absolute atomic E-state index is 0.0581. The third-order valence-electron chi connectivity index (χ3n) is 3.38. The Kier molecular flexibility index (Phi) is 3.21. The van der Waals surface area contributed by atoms with E-state index in [4.69, 9.17) is 11.6 Å². The fourth-order valence-corrected chi connectivity index (χ4v) is 2.69. The lowest BCUT2D eigenvalue weighted by molar-refractivity contribution is -0.229. The zero-order valence-electron chi connectivity index (χ0n) is 10.5. The molecule has 0 aliphatic carbocycles. The molecule has 1 N–H and O–H groups in total. The van der Waals surface area contributed by atoms with Gasteiger partial charge in [-0.1, -0.05) is 11.6 Å². The number of anilines is 1. The first-order valence-electron chi connectivity index (χ1n) is 6.08. The Bertz CT molecular complexity index is 560. The molecule has 3 aliphatic rings. The summed E-state index contributed by atoms with van der Waals surface area (Å²) in [5.41, 5.74) is -1.32. The summed E-state index contributed by atoms with van der Waals surface area (Å²) in [4.78, 5) is 20.6. The second-order valence-corrected chi connectivity index (χ2v) is 5.39. The molecule has 1 aromatic heterocycles. The fourth-order valence-electron chi connectivity index (χ4n) is 2.59. The van der Waals surface area contributed by atoms with E-state index in [1.54, 1.807) is 4.90 Å². The van der Waals surface area contributed by atoms with Crippen molar-refractivity contribution in [2.24, 2.45) is 0 Å². The van der Waals surface area contributed by atoms with Crippen LogP contribution < -0.4 is 10.2 Å². The van der Waals surface area contributed by atoms with Crippen LogP contribution in [0.5, 0.6) is 0 Å². The van der Waals surface area contributed by atoms with Crippen molar-refractivity contribution in [1.29, 1.82) is 0 Å². The van der Waals surface area contributed by atoms with E-state index in [1.165, 1.54) is 12.4 Å². The van der Waals surface area contributed by atoms with E-state index in [2.05, 4.69) is 20.0 Å². The van der Waals surface area contributed by atoms with Crippen molar-refractivity contribution in [2.45, 2.75) is 24.4 Å². The fraction of sp³-hybridized carbons (Fsp3) is 0.545. The van der Waals surface area contributed by atoms with Crippen molar-refractivity contribution < 1.29 is 22.7 Å². The minimum atomic E-state index is -5.01. The van der Waals surface area contributed by atoms with Gasteiger partial charge < -0.3 is 9.64 Å². The van der Waals surface area contributed by atoms with Crippen molar-refractivity contribution in [3.05, 3.63) is 17.5 Å². The summed E-state index contributed by atoms with van der Waals surface area (Å²) in [6.45, 7) is 0.614. The van der Waals surface area contributed by atoms with Gasteiger partial charge in [0.1, 0.15) is 11.0 Å². The van der Waals surface area contributed by atoms with Gasteiger partial charge in [0.05, 0.1) is 18.9 Å². The molecule has 4 rings (SSSR count). The van der Waals surface area contributed by atoms with Gasteiger partial charge in [-0.15, -0.1) is 0 Å². The Labute approximate surface area is 122 Å². The number of halogens is 4. The number of hydrogen-bond donors (Lipinski definition) is 1. The highest BCUT2D eigenvalue weighted by Crippen LogP contribution is 2.36. The predicted molar refractivity (Wildman–Crippen MR) is 65.7 cm³/mol. The highest BCUT2D eigenvalue weighted by atomic mass is 35.5. The number of hydrogen-bond acceptors (Lipinski definition) is 6. The number of nitrogens with one attached hydrogen (secondary N) is 1. The van der Waals surface area contributed by atoms with E-state index < -0.39 is 17.9 Å². The largest absolute Gasteiger partial charge is 0.490 e. The monoisotopic (exact) mass is 322 g/mol. The van der Waals surface area contributed by atoms with E-state index in [9.17, 15) is 18.0 Å². The van der Waals surface area contributed by atoms with Gasteiger partial charge in [0.2, 0.25) is 0 Å². The van der Waals surface area contributed by atoms with Crippen LogP contribution in [-0.4, -0.2) is 47.0 Å². The lowest BCUT2D eigenvalue weighted by Crippen LogP contribution is -2.77. The SMILES string of the molecule is O=C(OC12CC(CN(c3cnc(Cl)cn3)C1)N2)C(F)(F)F. The molecule has 2 bridgehead atoms. The average Bonchev–Trinajstić information content (AvgIpc) is 2.37. The van der Waals surface area contributed by atoms with Gasteiger partial charge in [0.15, 0.2) is 5.72 Å². The molecule has 0 amide bonds. The van der Waals surface area contributed by atoms with E-state index >= 15 is 0 Å². The zero-order valence-corrected chi connectivity index (χ0v) is 11.3. The molecule has 114 valence electrons. The second-order valence-electron chi connectivity index (χ2n) is 5.00. The molecule has 2 unspecified atom stereocenters. The molecule has 4 heterocycles. The van der Waals surface area contributed by atoms with Crippen molar-refractivity contribution in [2.75, 3.05) is 18.0 Å². The number of piperidine rings is 1. The third-order valence-corrected chi connectivity index (χ3v) is 3.58. The molecule has 3 aliphatic heterocycles. The van der Waals surface area contributed by atoms with Crippen LogP contribution in [0.3, 0.4) is 0 Å². The van der Waals surface area contributed by atoms with E-state index in [0.29, 0.717) is 18.8 Å². The van der Waals surface area contributed by atoms with Crippen LogP contribution in [0.4, 0.5) is 19.0 Å². The number of piperazine rings is 1. The summed E-state index contributed by atoms with van der Waals surface area (Å²) < 4.78 is 41.5. The third kappa shape index (κ3) is 2.75. The first-order chi connectivity index (χ1) is 9.77. The summed E-state index contributed by atoms with van der Waals surface area (Å²) >= 11 is 5.64. The smallest absolute Gasteiger partial charge is 0.435 e. The molecule has 2 atom stereocenters. The minimum Gasteiger partial charge on any atom is -0.435 e. The molecule has 0 spiro atoms. The maximum absolute atomic E-state index is 12.3. The number of fused-ring (bicyclic) bond motifs is 2. The number of rotatable bonds is 2. The molecule has 0 saturated carbocycles. The van der Waals surface area contributed by atoms with E-state index in [1.807, 2.05) is 0 Å². The topological polar surface area (TPSA) is 67.3 Å². The highest BCUT2D eigenvalue weighted by Gasteiger charge is 2.56. The van der Waals surface area contributed by atoms with E-state index in [0.717, 1.165) is 0 Å². The van der Waals surface area contributed by atoms with Crippen LogP contribution in [0.25, 0.3) is 0 Å². The quantitative estimate of drug-likeness (QED) is 0.823. The number of nitrogens with zero attached hydrogens (tertiary/aromatic N) is 3. The summed E-state index contributed by atoms with van der Waals surface area (Å²) in [5.74, 6) is -1.73. The Morgan fingerprint density at radius 3 is 2.76 bits per heavy atom. The van der Waals surface area contributed by atoms with Crippen molar-refractivity contribution in [3.63, 3.8) is 0 Å².